The van der Waals surface area contributed by atoms with Crippen LogP contribution in [0.1, 0.15) is 37.0 Å². The number of nitrogens with zero attached hydrogens (tertiary/aromatic N) is 1. The molecule has 0 radical (unpaired) electrons. The van der Waals surface area contributed by atoms with Crippen molar-refractivity contribution in [1.29, 1.82) is 0 Å². The number of hydrogen-bond donors (Lipinski definition) is 1. The highest BCUT2D eigenvalue weighted by molar-refractivity contribution is 7.91. The maximum atomic E-state index is 12.4. The first-order chi connectivity index (χ1) is 8.55. The Labute approximate surface area is 112 Å². The zero-order valence-electron chi connectivity index (χ0n) is 10.5. The van der Waals surface area contributed by atoms with E-state index in [-0.39, 0.29) is 12.6 Å². The summed E-state index contributed by atoms with van der Waals surface area (Å²) in [5.41, 5.74) is 0. The monoisotopic (exact) mass is 289 g/mol. The van der Waals surface area contributed by atoms with Gasteiger partial charge in [0.05, 0.1) is 6.61 Å². The SMILES string of the molecule is CN(C1CCCCC1)S(=O)(=O)c1ccc(CO)s1. The third-order valence-corrected chi connectivity index (χ3v) is 6.96. The first-order valence-corrected chi connectivity index (χ1v) is 8.49. The third kappa shape index (κ3) is 2.77. The molecule has 2 rings (SSSR count). The lowest BCUT2D eigenvalue weighted by Crippen LogP contribution is -2.37. The second-order valence-corrected chi connectivity index (χ2v) is 8.08. The Bertz CT molecular complexity index is 489. The lowest BCUT2D eigenvalue weighted by molar-refractivity contribution is 0.285. The summed E-state index contributed by atoms with van der Waals surface area (Å²) in [6.07, 6.45) is 5.33. The van der Waals surface area contributed by atoms with Gasteiger partial charge in [0, 0.05) is 18.0 Å². The van der Waals surface area contributed by atoms with Crippen LogP contribution < -0.4 is 0 Å². The Morgan fingerprint density at radius 1 is 1.33 bits per heavy atom. The molecule has 1 aliphatic rings. The minimum Gasteiger partial charge on any atom is -0.391 e. The van der Waals surface area contributed by atoms with Gasteiger partial charge in [0.2, 0.25) is 0 Å². The largest absolute Gasteiger partial charge is 0.391 e. The minimum atomic E-state index is -3.39. The lowest BCUT2D eigenvalue weighted by Gasteiger charge is -2.29. The Hall–Kier alpha value is -0.430. The summed E-state index contributed by atoms with van der Waals surface area (Å²) in [7, 11) is -1.72. The van der Waals surface area contributed by atoms with Crippen molar-refractivity contribution in [2.24, 2.45) is 0 Å². The van der Waals surface area contributed by atoms with Gasteiger partial charge in [-0.3, -0.25) is 0 Å². The number of hydrogen-bond acceptors (Lipinski definition) is 4. The molecule has 1 heterocycles. The van der Waals surface area contributed by atoms with E-state index in [4.69, 9.17) is 5.11 Å². The molecule has 0 unspecified atom stereocenters. The van der Waals surface area contributed by atoms with Crippen molar-refractivity contribution in [3.63, 3.8) is 0 Å². The summed E-state index contributed by atoms with van der Waals surface area (Å²) in [5.74, 6) is 0. The smallest absolute Gasteiger partial charge is 0.252 e. The van der Waals surface area contributed by atoms with Crippen molar-refractivity contribution < 1.29 is 13.5 Å². The fourth-order valence-electron chi connectivity index (χ4n) is 2.36. The van der Waals surface area contributed by atoms with Gasteiger partial charge in [-0.1, -0.05) is 19.3 Å². The van der Waals surface area contributed by atoms with E-state index >= 15 is 0 Å². The fraction of sp³-hybridized carbons (Fsp3) is 0.667. The van der Waals surface area contributed by atoms with Crippen LogP contribution in [0.25, 0.3) is 0 Å². The van der Waals surface area contributed by atoms with Crippen LogP contribution in [0, 0.1) is 0 Å². The molecular weight excluding hydrogens is 270 g/mol. The van der Waals surface area contributed by atoms with Gasteiger partial charge >= 0.3 is 0 Å². The van der Waals surface area contributed by atoms with Gasteiger partial charge in [-0.25, -0.2) is 8.42 Å². The van der Waals surface area contributed by atoms with Crippen LogP contribution in [0.2, 0.25) is 0 Å². The second kappa shape index (κ2) is 5.69. The van der Waals surface area contributed by atoms with E-state index in [1.807, 2.05) is 0 Å². The average Bonchev–Trinajstić information content (AvgIpc) is 2.88. The van der Waals surface area contributed by atoms with Crippen LogP contribution in [-0.4, -0.2) is 30.9 Å². The number of rotatable bonds is 4. The molecule has 1 aromatic heterocycles. The van der Waals surface area contributed by atoms with E-state index < -0.39 is 10.0 Å². The van der Waals surface area contributed by atoms with E-state index in [0.717, 1.165) is 37.0 Å². The van der Waals surface area contributed by atoms with Crippen LogP contribution in [0.5, 0.6) is 0 Å². The number of sulfonamides is 1. The van der Waals surface area contributed by atoms with Crippen molar-refractivity contribution in [3.8, 4) is 0 Å². The molecule has 0 atom stereocenters. The normalized spacial score (nSPS) is 18.4. The summed E-state index contributed by atoms with van der Waals surface area (Å²) in [5, 5.41) is 9.01. The molecule has 0 amide bonds. The molecule has 0 aliphatic heterocycles. The van der Waals surface area contributed by atoms with Gasteiger partial charge in [0.25, 0.3) is 10.0 Å². The molecule has 1 fully saturated rings. The Morgan fingerprint density at radius 3 is 2.56 bits per heavy atom. The molecule has 1 aliphatic carbocycles. The molecule has 1 aromatic rings. The van der Waals surface area contributed by atoms with Gasteiger partial charge in [-0.15, -0.1) is 11.3 Å². The van der Waals surface area contributed by atoms with Crippen molar-refractivity contribution >= 4 is 21.4 Å². The predicted molar refractivity (Wildman–Crippen MR) is 72.1 cm³/mol. The van der Waals surface area contributed by atoms with Gasteiger partial charge in [0.15, 0.2) is 0 Å². The Morgan fingerprint density at radius 2 is 2.00 bits per heavy atom. The van der Waals surface area contributed by atoms with E-state index in [2.05, 4.69) is 0 Å². The molecular formula is C12H19NO3S2. The van der Waals surface area contributed by atoms with Gasteiger partial charge in [0.1, 0.15) is 4.21 Å². The van der Waals surface area contributed by atoms with E-state index in [0.29, 0.717) is 9.09 Å². The summed E-state index contributed by atoms with van der Waals surface area (Å²) >= 11 is 1.15. The summed E-state index contributed by atoms with van der Waals surface area (Å²) < 4.78 is 26.7. The number of aliphatic hydroxyl groups is 1. The summed E-state index contributed by atoms with van der Waals surface area (Å²) in [6, 6.07) is 3.39. The number of aliphatic hydroxyl groups excluding tert-OH is 1. The predicted octanol–water partition coefficient (Wildman–Crippen LogP) is 2.19. The molecule has 102 valence electrons. The first-order valence-electron chi connectivity index (χ1n) is 6.23. The molecule has 1 saturated carbocycles. The summed E-state index contributed by atoms with van der Waals surface area (Å²) in [4.78, 5) is 0.686. The molecule has 6 heteroatoms. The van der Waals surface area contributed by atoms with Crippen LogP contribution in [0.3, 0.4) is 0 Å². The van der Waals surface area contributed by atoms with Gasteiger partial charge in [-0.05, 0) is 25.0 Å². The first kappa shape index (κ1) is 14.0. The zero-order chi connectivity index (χ0) is 13.2. The molecule has 0 bridgehead atoms. The maximum absolute atomic E-state index is 12.4. The van der Waals surface area contributed by atoms with Crippen molar-refractivity contribution in [3.05, 3.63) is 17.0 Å². The highest BCUT2D eigenvalue weighted by atomic mass is 32.2. The van der Waals surface area contributed by atoms with Crippen LogP contribution in [0.4, 0.5) is 0 Å². The second-order valence-electron chi connectivity index (χ2n) is 4.69. The Balaban J connectivity index is 2.18. The topological polar surface area (TPSA) is 57.6 Å². The zero-order valence-corrected chi connectivity index (χ0v) is 12.1. The Kier molecular flexibility index (Phi) is 4.42. The van der Waals surface area contributed by atoms with Crippen molar-refractivity contribution in [2.75, 3.05) is 7.05 Å². The summed E-state index contributed by atoms with van der Waals surface area (Å²) in [6.45, 7) is -0.104. The maximum Gasteiger partial charge on any atom is 0.252 e. The van der Waals surface area contributed by atoms with Crippen LogP contribution in [-0.2, 0) is 16.6 Å². The van der Waals surface area contributed by atoms with Crippen molar-refractivity contribution in [2.45, 2.75) is 49.0 Å². The standard InChI is InChI=1S/C12H19NO3S2/c1-13(10-5-3-2-4-6-10)18(15,16)12-8-7-11(9-14)17-12/h7-8,10,14H,2-6,9H2,1H3. The van der Waals surface area contributed by atoms with Crippen LogP contribution >= 0.6 is 11.3 Å². The molecule has 1 N–H and O–H groups in total. The molecule has 18 heavy (non-hydrogen) atoms. The van der Waals surface area contributed by atoms with E-state index in [9.17, 15) is 8.42 Å². The number of thiophene rings is 1. The average molecular weight is 289 g/mol. The van der Waals surface area contributed by atoms with E-state index in [1.165, 1.54) is 10.7 Å². The highest BCUT2D eigenvalue weighted by Gasteiger charge is 2.29. The molecule has 0 saturated heterocycles. The highest BCUT2D eigenvalue weighted by Crippen LogP contribution is 2.29. The van der Waals surface area contributed by atoms with Crippen molar-refractivity contribution in [1.82, 2.24) is 4.31 Å². The lowest BCUT2D eigenvalue weighted by atomic mass is 9.96. The third-order valence-electron chi connectivity index (χ3n) is 3.52. The quantitative estimate of drug-likeness (QED) is 0.924. The molecule has 4 nitrogen and oxygen atoms in total. The molecule has 0 spiro atoms. The van der Waals surface area contributed by atoms with Crippen LogP contribution in [0.15, 0.2) is 16.3 Å². The van der Waals surface area contributed by atoms with E-state index in [1.54, 1.807) is 19.2 Å². The minimum absolute atomic E-state index is 0.104. The van der Waals surface area contributed by atoms with Gasteiger partial charge < -0.3 is 5.11 Å². The fourth-order valence-corrected chi connectivity index (χ4v) is 5.18. The molecule has 0 aromatic carbocycles. The van der Waals surface area contributed by atoms with Gasteiger partial charge in [-0.2, -0.15) is 4.31 Å².